The van der Waals surface area contributed by atoms with Crippen LogP contribution in [0.5, 0.6) is 0 Å². The standard InChI is InChI=1S/C13H22N2O4/c16-12(17)11-3-1-7-15(11)13(18)14-6-2-8-19-9-10-4-5-10/h10-11H,1-9H2,(H,14,18)(H,16,17). The summed E-state index contributed by atoms with van der Waals surface area (Å²) in [5.74, 6) is -0.157. The molecule has 1 aliphatic heterocycles. The van der Waals surface area contributed by atoms with E-state index >= 15 is 0 Å². The second-order valence-electron chi connectivity index (χ2n) is 5.29. The van der Waals surface area contributed by atoms with Gasteiger partial charge >= 0.3 is 12.0 Å². The van der Waals surface area contributed by atoms with Crippen molar-refractivity contribution < 1.29 is 19.4 Å². The minimum Gasteiger partial charge on any atom is -0.480 e. The molecule has 2 aliphatic rings. The van der Waals surface area contributed by atoms with Gasteiger partial charge in [-0.2, -0.15) is 0 Å². The SMILES string of the molecule is O=C(O)C1CCCN1C(=O)NCCCOCC1CC1. The second kappa shape index (κ2) is 6.75. The van der Waals surface area contributed by atoms with Gasteiger partial charge in [-0.25, -0.2) is 9.59 Å². The quantitative estimate of drug-likeness (QED) is 0.678. The van der Waals surface area contributed by atoms with Gasteiger partial charge in [0, 0.05) is 26.3 Å². The highest BCUT2D eigenvalue weighted by molar-refractivity contribution is 5.83. The van der Waals surface area contributed by atoms with E-state index < -0.39 is 12.0 Å². The maximum atomic E-state index is 11.8. The van der Waals surface area contributed by atoms with Crippen LogP contribution in [0.25, 0.3) is 0 Å². The third-order valence-electron chi connectivity index (χ3n) is 3.59. The number of hydrogen-bond acceptors (Lipinski definition) is 3. The zero-order valence-corrected chi connectivity index (χ0v) is 11.1. The maximum absolute atomic E-state index is 11.8. The summed E-state index contributed by atoms with van der Waals surface area (Å²) in [5.41, 5.74) is 0. The first-order chi connectivity index (χ1) is 9.18. The van der Waals surface area contributed by atoms with E-state index in [0.717, 1.165) is 25.4 Å². The number of carbonyl (C=O) groups is 2. The summed E-state index contributed by atoms with van der Waals surface area (Å²) >= 11 is 0. The summed E-state index contributed by atoms with van der Waals surface area (Å²) in [7, 11) is 0. The maximum Gasteiger partial charge on any atom is 0.326 e. The monoisotopic (exact) mass is 270 g/mol. The van der Waals surface area contributed by atoms with E-state index in [-0.39, 0.29) is 6.03 Å². The number of nitrogens with one attached hydrogen (secondary N) is 1. The van der Waals surface area contributed by atoms with E-state index in [1.807, 2.05) is 0 Å². The van der Waals surface area contributed by atoms with Crippen LogP contribution in [0.3, 0.4) is 0 Å². The van der Waals surface area contributed by atoms with Crippen LogP contribution in [-0.4, -0.2) is 54.4 Å². The fourth-order valence-corrected chi connectivity index (χ4v) is 2.27. The predicted octanol–water partition coefficient (Wildman–Crippen LogP) is 1.06. The Labute approximate surface area is 113 Å². The van der Waals surface area contributed by atoms with E-state index in [9.17, 15) is 9.59 Å². The molecule has 0 aromatic rings. The number of aliphatic carboxylic acids is 1. The van der Waals surface area contributed by atoms with Crippen molar-refractivity contribution >= 4 is 12.0 Å². The minimum atomic E-state index is -0.916. The van der Waals surface area contributed by atoms with Gasteiger partial charge in [0.1, 0.15) is 6.04 Å². The molecular weight excluding hydrogens is 248 g/mol. The third kappa shape index (κ3) is 4.38. The average Bonchev–Trinajstić information content (AvgIpc) is 3.06. The molecule has 1 saturated heterocycles. The summed E-state index contributed by atoms with van der Waals surface area (Å²) in [4.78, 5) is 24.2. The van der Waals surface area contributed by atoms with Gasteiger partial charge in [0.05, 0.1) is 0 Å². The fraction of sp³-hybridized carbons (Fsp3) is 0.846. The van der Waals surface area contributed by atoms with Crippen LogP contribution in [-0.2, 0) is 9.53 Å². The zero-order valence-electron chi connectivity index (χ0n) is 11.1. The molecule has 1 aliphatic carbocycles. The van der Waals surface area contributed by atoms with Gasteiger partial charge in [0.2, 0.25) is 0 Å². The van der Waals surface area contributed by atoms with E-state index in [2.05, 4.69) is 5.32 Å². The Morgan fingerprint density at radius 3 is 2.79 bits per heavy atom. The number of ether oxygens (including phenoxy) is 1. The van der Waals surface area contributed by atoms with Crippen LogP contribution in [0, 0.1) is 5.92 Å². The molecule has 1 saturated carbocycles. The van der Waals surface area contributed by atoms with Crippen LogP contribution in [0.2, 0.25) is 0 Å². The lowest BCUT2D eigenvalue weighted by atomic mass is 10.2. The molecule has 6 nitrogen and oxygen atoms in total. The van der Waals surface area contributed by atoms with Crippen molar-refractivity contribution in [2.75, 3.05) is 26.3 Å². The zero-order chi connectivity index (χ0) is 13.7. The molecule has 1 atom stereocenters. The molecule has 0 spiro atoms. The van der Waals surface area contributed by atoms with Gasteiger partial charge in [-0.3, -0.25) is 0 Å². The van der Waals surface area contributed by atoms with Gasteiger partial charge in [0.25, 0.3) is 0 Å². The number of amides is 2. The number of carbonyl (C=O) groups excluding carboxylic acids is 1. The first-order valence-electron chi connectivity index (χ1n) is 7.03. The number of urea groups is 1. The summed E-state index contributed by atoms with van der Waals surface area (Å²) in [5, 5.41) is 11.7. The summed E-state index contributed by atoms with van der Waals surface area (Å²) < 4.78 is 5.47. The van der Waals surface area contributed by atoms with Crippen LogP contribution >= 0.6 is 0 Å². The molecule has 2 rings (SSSR count). The van der Waals surface area contributed by atoms with Crippen molar-refractivity contribution in [3.8, 4) is 0 Å². The van der Waals surface area contributed by atoms with E-state index in [1.54, 1.807) is 0 Å². The highest BCUT2D eigenvalue weighted by Gasteiger charge is 2.33. The van der Waals surface area contributed by atoms with Gasteiger partial charge in [-0.05, 0) is 38.0 Å². The van der Waals surface area contributed by atoms with Crippen LogP contribution in [0.4, 0.5) is 4.79 Å². The summed E-state index contributed by atoms with van der Waals surface area (Å²) in [6, 6.07) is -0.932. The molecule has 6 heteroatoms. The number of nitrogens with zero attached hydrogens (tertiary/aromatic N) is 1. The fourth-order valence-electron chi connectivity index (χ4n) is 2.27. The normalized spacial score (nSPS) is 22.5. The van der Waals surface area contributed by atoms with Gasteiger partial charge in [-0.15, -0.1) is 0 Å². The molecule has 19 heavy (non-hydrogen) atoms. The number of hydrogen-bond donors (Lipinski definition) is 2. The highest BCUT2D eigenvalue weighted by atomic mass is 16.5. The lowest BCUT2D eigenvalue weighted by Crippen LogP contribution is -2.46. The van der Waals surface area contributed by atoms with Crippen molar-refractivity contribution in [2.24, 2.45) is 5.92 Å². The lowest BCUT2D eigenvalue weighted by Gasteiger charge is -2.21. The minimum absolute atomic E-state index is 0.271. The molecule has 2 amide bonds. The number of carboxylic acids is 1. The Kier molecular flexibility index (Phi) is 5.01. The second-order valence-corrected chi connectivity index (χ2v) is 5.29. The van der Waals surface area contributed by atoms with Crippen LogP contribution in [0.15, 0.2) is 0 Å². The predicted molar refractivity (Wildman–Crippen MR) is 68.9 cm³/mol. The van der Waals surface area contributed by atoms with Crippen molar-refractivity contribution in [2.45, 2.75) is 38.1 Å². The first kappa shape index (κ1) is 14.1. The summed E-state index contributed by atoms with van der Waals surface area (Å²) in [6.45, 7) is 2.55. The average molecular weight is 270 g/mol. The van der Waals surface area contributed by atoms with E-state index in [1.165, 1.54) is 17.7 Å². The van der Waals surface area contributed by atoms with Gasteiger partial charge in [-0.1, -0.05) is 0 Å². The Balaban J connectivity index is 1.56. The van der Waals surface area contributed by atoms with Crippen molar-refractivity contribution in [3.05, 3.63) is 0 Å². The van der Waals surface area contributed by atoms with Gasteiger partial charge in [0.15, 0.2) is 0 Å². The Morgan fingerprint density at radius 2 is 2.11 bits per heavy atom. The molecule has 2 fully saturated rings. The Morgan fingerprint density at radius 1 is 1.32 bits per heavy atom. The largest absolute Gasteiger partial charge is 0.480 e. The number of carboxylic acid groups (broad SMARTS) is 1. The highest BCUT2D eigenvalue weighted by Crippen LogP contribution is 2.28. The summed E-state index contributed by atoms with van der Waals surface area (Å²) in [6.07, 6.45) is 4.64. The van der Waals surface area contributed by atoms with E-state index in [0.29, 0.717) is 26.1 Å². The molecule has 0 aromatic heterocycles. The molecule has 1 heterocycles. The van der Waals surface area contributed by atoms with E-state index in [4.69, 9.17) is 9.84 Å². The van der Waals surface area contributed by atoms with Crippen molar-refractivity contribution in [1.29, 1.82) is 0 Å². The topological polar surface area (TPSA) is 78.9 Å². The molecule has 0 radical (unpaired) electrons. The van der Waals surface area contributed by atoms with Crippen molar-refractivity contribution in [3.63, 3.8) is 0 Å². The Hall–Kier alpha value is -1.30. The Bertz CT molecular complexity index is 331. The molecular formula is C13H22N2O4. The van der Waals surface area contributed by atoms with Crippen LogP contribution < -0.4 is 5.32 Å². The number of likely N-dealkylation sites (tertiary alicyclic amines) is 1. The molecule has 2 N–H and O–H groups in total. The van der Waals surface area contributed by atoms with Crippen LogP contribution in [0.1, 0.15) is 32.1 Å². The molecule has 108 valence electrons. The van der Waals surface area contributed by atoms with Crippen molar-refractivity contribution in [1.82, 2.24) is 10.2 Å². The molecule has 1 unspecified atom stereocenters. The first-order valence-corrected chi connectivity index (χ1v) is 7.03. The molecule has 0 bridgehead atoms. The smallest absolute Gasteiger partial charge is 0.326 e. The third-order valence-corrected chi connectivity index (χ3v) is 3.59. The molecule has 0 aromatic carbocycles. The van der Waals surface area contributed by atoms with Gasteiger partial charge < -0.3 is 20.1 Å². The number of rotatable bonds is 7. The lowest BCUT2D eigenvalue weighted by molar-refractivity contribution is -0.141.